The zero-order valence-electron chi connectivity index (χ0n) is 16.9. The summed E-state index contributed by atoms with van der Waals surface area (Å²) in [6.45, 7) is 6.21. The van der Waals surface area contributed by atoms with Crippen molar-refractivity contribution in [2.45, 2.75) is 83.5 Å². The molecule has 0 heterocycles. The van der Waals surface area contributed by atoms with Gasteiger partial charge in [0.2, 0.25) is 0 Å². The molecule has 2 fully saturated rings. The molecule has 0 bridgehead atoms. The molecule has 0 saturated heterocycles. The van der Waals surface area contributed by atoms with Crippen molar-refractivity contribution in [1.82, 2.24) is 0 Å². The summed E-state index contributed by atoms with van der Waals surface area (Å²) in [5.74, 6) is 2.17. The second-order valence-corrected chi connectivity index (χ2v) is 9.05. The molecule has 1 aromatic rings. The summed E-state index contributed by atoms with van der Waals surface area (Å²) in [4.78, 5) is 0. The first-order valence-electron chi connectivity index (χ1n) is 11.2. The average Bonchev–Trinajstić information content (AvgIpc) is 2.69. The van der Waals surface area contributed by atoms with Crippen molar-refractivity contribution in [3.05, 3.63) is 48.1 Å². The van der Waals surface area contributed by atoms with Crippen LogP contribution >= 0.6 is 0 Å². The Morgan fingerprint density at radius 3 is 2.15 bits per heavy atom. The standard InChI is InChI=1S/C25H36F2/c1-3-5-18-7-9-19(10-8-18)20-11-13-21(14-12-20)23(6-4-2)22-15-16-24(26)25(27)17-22/h4,15-21,23H,2-3,5-14H2,1H3. The number of halogens is 2. The molecule has 0 N–H and O–H groups in total. The van der Waals surface area contributed by atoms with E-state index in [9.17, 15) is 8.78 Å². The number of benzene rings is 1. The summed E-state index contributed by atoms with van der Waals surface area (Å²) in [7, 11) is 0. The normalized spacial score (nSPS) is 30.0. The Bertz CT molecular complexity index is 592. The third kappa shape index (κ3) is 5.21. The molecule has 2 aliphatic carbocycles. The Balaban J connectivity index is 1.56. The van der Waals surface area contributed by atoms with E-state index in [2.05, 4.69) is 13.5 Å². The smallest absolute Gasteiger partial charge is 0.159 e. The highest BCUT2D eigenvalue weighted by Crippen LogP contribution is 2.46. The fourth-order valence-electron chi connectivity index (χ4n) is 5.90. The zero-order valence-corrected chi connectivity index (χ0v) is 16.9. The molecule has 0 aliphatic heterocycles. The summed E-state index contributed by atoms with van der Waals surface area (Å²) < 4.78 is 27.1. The summed E-state index contributed by atoms with van der Waals surface area (Å²) in [5, 5.41) is 0. The molecule has 0 spiro atoms. The average molecular weight is 375 g/mol. The Labute approximate surface area is 164 Å². The van der Waals surface area contributed by atoms with Crippen molar-refractivity contribution in [2.75, 3.05) is 0 Å². The molecule has 150 valence electrons. The van der Waals surface area contributed by atoms with Crippen LogP contribution in [0.1, 0.15) is 89.0 Å². The van der Waals surface area contributed by atoms with Crippen molar-refractivity contribution in [1.29, 1.82) is 0 Å². The van der Waals surface area contributed by atoms with Crippen LogP contribution in [0.5, 0.6) is 0 Å². The van der Waals surface area contributed by atoms with Crippen LogP contribution in [0.3, 0.4) is 0 Å². The van der Waals surface area contributed by atoms with Gasteiger partial charge >= 0.3 is 0 Å². The van der Waals surface area contributed by atoms with Crippen LogP contribution in [0.4, 0.5) is 8.78 Å². The molecule has 0 nitrogen and oxygen atoms in total. The van der Waals surface area contributed by atoms with E-state index < -0.39 is 11.6 Å². The summed E-state index contributed by atoms with van der Waals surface area (Å²) >= 11 is 0. The van der Waals surface area contributed by atoms with Gasteiger partial charge in [0, 0.05) is 0 Å². The lowest BCUT2D eigenvalue weighted by Crippen LogP contribution is -2.27. The summed E-state index contributed by atoms with van der Waals surface area (Å²) in [6, 6.07) is 4.46. The first-order valence-corrected chi connectivity index (χ1v) is 11.2. The van der Waals surface area contributed by atoms with Gasteiger partial charge in [-0.1, -0.05) is 44.7 Å². The van der Waals surface area contributed by atoms with Crippen molar-refractivity contribution < 1.29 is 8.78 Å². The molecule has 1 aromatic carbocycles. The van der Waals surface area contributed by atoms with Crippen LogP contribution in [0.2, 0.25) is 0 Å². The van der Waals surface area contributed by atoms with Gasteiger partial charge in [-0.2, -0.15) is 0 Å². The Morgan fingerprint density at radius 2 is 1.59 bits per heavy atom. The molecule has 0 amide bonds. The third-order valence-electron chi connectivity index (χ3n) is 7.43. The molecule has 1 unspecified atom stereocenters. The van der Waals surface area contributed by atoms with E-state index in [1.807, 2.05) is 6.08 Å². The lowest BCUT2D eigenvalue weighted by molar-refractivity contribution is 0.135. The van der Waals surface area contributed by atoms with Crippen LogP contribution in [0, 0.1) is 35.3 Å². The maximum Gasteiger partial charge on any atom is 0.159 e. The van der Waals surface area contributed by atoms with Gasteiger partial charge in [0.05, 0.1) is 0 Å². The van der Waals surface area contributed by atoms with Crippen LogP contribution in [-0.4, -0.2) is 0 Å². The summed E-state index contributed by atoms with van der Waals surface area (Å²) in [6.07, 6.45) is 16.3. The van der Waals surface area contributed by atoms with Crippen LogP contribution < -0.4 is 0 Å². The van der Waals surface area contributed by atoms with Gasteiger partial charge in [0.15, 0.2) is 11.6 Å². The largest absolute Gasteiger partial charge is 0.204 e. The lowest BCUT2D eigenvalue weighted by Gasteiger charge is -2.40. The van der Waals surface area contributed by atoms with Gasteiger partial charge in [-0.25, -0.2) is 8.78 Å². The molecule has 0 radical (unpaired) electrons. The molecule has 27 heavy (non-hydrogen) atoms. The van der Waals surface area contributed by atoms with Gasteiger partial charge in [-0.3, -0.25) is 0 Å². The van der Waals surface area contributed by atoms with E-state index in [0.717, 1.165) is 29.7 Å². The molecule has 2 aliphatic rings. The highest BCUT2D eigenvalue weighted by atomic mass is 19.2. The van der Waals surface area contributed by atoms with Crippen LogP contribution in [-0.2, 0) is 0 Å². The van der Waals surface area contributed by atoms with Crippen LogP contribution in [0.25, 0.3) is 0 Å². The molecule has 0 aromatic heterocycles. The highest BCUT2D eigenvalue weighted by molar-refractivity contribution is 5.23. The maximum absolute atomic E-state index is 13.7. The fourth-order valence-corrected chi connectivity index (χ4v) is 5.90. The van der Waals surface area contributed by atoms with E-state index in [0.29, 0.717) is 5.92 Å². The SMILES string of the molecule is C=CCC(c1ccc(F)c(F)c1)C1CCC(C2CCC(CCC)CC2)CC1. The molecule has 3 rings (SSSR count). The fraction of sp³-hybridized carbons (Fsp3) is 0.680. The lowest BCUT2D eigenvalue weighted by atomic mass is 9.66. The number of hydrogen-bond donors (Lipinski definition) is 0. The van der Waals surface area contributed by atoms with Crippen molar-refractivity contribution >= 4 is 0 Å². The van der Waals surface area contributed by atoms with E-state index in [4.69, 9.17) is 0 Å². The number of hydrogen-bond acceptors (Lipinski definition) is 0. The second kappa shape index (κ2) is 9.85. The predicted molar refractivity (Wildman–Crippen MR) is 110 cm³/mol. The molecular weight excluding hydrogens is 338 g/mol. The van der Waals surface area contributed by atoms with E-state index in [1.54, 1.807) is 6.07 Å². The van der Waals surface area contributed by atoms with Gasteiger partial charge < -0.3 is 0 Å². The maximum atomic E-state index is 13.7. The van der Waals surface area contributed by atoms with Gasteiger partial charge in [0.1, 0.15) is 0 Å². The number of allylic oxidation sites excluding steroid dienone is 1. The van der Waals surface area contributed by atoms with E-state index in [-0.39, 0.29) is 5.92 Å². The second-order valence-electron chi connectivity index (χ2n) is 9.05. The quantitative estimate of drug-likeness (QED) is 0.424. The van der Waals surface area contributed by atoms with Crippen molar-refractivity contribution in [2.24, 2.45) is 23.7 Å². The topological polar surface area (TPSA) is 0 Å². The Kier molecular flexibility index (Phi) is 7.49. The predicted octanol–water partition coefficient (Wildman–Crippen LogP) is 8.04. The van der Waals surface area contributed by atoms with E-state index in [1.165, 1.54) is 76.3 Å². The van der Waals surface area contributed by atoms with Gasteiger partial charge in [-0.15, -0.1) is 6.58 Å². The Hall–Kier alpha value is -1.18. The minimum absolute atomic E-state index is 0.277. The monoisotopic (exact) mass is 374 g/mol. The summed E-state index contributed by atoms with van der Waals surface area (Å²) in [5.41, 5.74) is 0.942. The first-order chi connectivity index (χ1) is 13.1. The first kappa shape index (κ1) is 20.6. The van der Waals surface area contributed by atoms with Crippen molar-refractivity contribution in [3.63, 3.8) is 0 Å². The molecule has 2 heteroatoms. The van der Waals surface area contributed by atoms with Crippen molar-refractivity contribution in [3.8, 4) is 0 Å². The molecule has 1 atom stereocenters. The molecular formula is C25H36F2. The Morgan fingerprint density at radius 1 is 0.963 bits per heavy atom. The zero-order chi connectivity index (χ0) is 19.2. The van der Waals surface area contributed by atoms with E-state index >= 15 is 0 Å². The van der Waals surface area contributed by atoms with Gasteiger partial charge in [-0.05, 0) is 92.2 Å². The van der Waals surface area contributed by atoms with Gasteiger partial charge in [0.25, 0.3) is 0 Å². The minimum atomic E-state index is -0.751. The van der Waals surface area contributed by atoms with Crippen LogP contribution in [0.15, 0.2) is 30.9 Å². The number of rotatable bonds is 7. The highest BCUT2D eigenvalue weighted by Gasteiger charge is 2.33. The third-order valence-corrected chi connectivity index (χ3v) is 7.43. The minimum Gasteiger partial charge on any atom is -0.204 e. The molecule has 2 saturated carbocycles.